The highest BCUT2D eigenvalue weighted by Crippen LogP contribution is 2.29. The van der Waals surface area contributed by atoms with Crippen molar-refractivity contribution < 1.29 is 9.59 Å². The Kier molecular flexibility index (Phi) is 6.64. The number of carbonyl (C=O) groups excluding carboxylic acids is 2. The van der Waals surface area contributed by atoms with Crippen LogP contribution >= 0.6 is 22.9 Å². The summed E-state index contributed by atoms with van der Waals surface area (Å²) in [7, 11) is 4.19. The molecular formula is C25H30ClN5O2S. The summed E-state index contributed by atoms with van der Waals surface area (Å²) in [5.41, 5.74) is 2.43. The molecule has 7 nitrogen and oxygen atoms in total. The van der Waals surface area contributed by atoms with Crippen LogP contribution in [0.1, 0.15) is 63.0 Å². The first-order valence-corrected chi connectivity index (χ1v) is 13.1. The third-order valence-corrected chi connectivity index (χ3v) is 8.45. The van der Waals surface area contributed by atoms with Gasteiger partial charge in [-0.25, -0.2) is 4.98 Å². The molecule has 0 saturated heterocycles. The zero-order valence-corrected chi connectivity index (χ0v) is 21.1. The van der Waals surface area contributed by atoms with Crippen molar-refractivity contribution in [3.05, 3.63) is 50.6 Å². The molecule has 3 aromatic rings. The van der Waals surface area contributed by atoms with Crippen LogP contribution in [0.15, 0.2) is 24.3 Å². The zero-order chi connectivity index (χ0) is 23.8. The number of benzene rings is 1. The summed E-state index contributed by atoms with van der Waals surface area (Å²) in [6.07, 6.45) is 6.69. The number of aromatic amines is 1. The fourth-order valence-electron chi connectivity index (χ4n) is 5.08. The second-order valence-electron chi connectivity index (χ2n) is 9.61. The molecule has 5 rings (SSSR count). The largest absolute Gasteiger partial charge is 0.351 e. The first kappa shape index (κ1) is 23.3. The third-order valence-electron chi connectivity index (χ3n) is 7.06. The van der Waals surface area contributed by atoms with Crippen LogP contribution in [0.4, 0.5) is 0 Å². The highest BCUT2D eigenvalue weighted by molar-refractivity contribution is 7.13. The Balaban J connectivity index is 1.26. The molecule has 3 N–H and O–H groups in total. The number of aryl methyl sites for hydroxylation is 1. The van der Waals surface area contributed by atoms with Gasteiger partial charge in [0.25, 0.3) is 11.8 Å². The minimum Gasteiger partial charge on any atom is -0.351 e. The predicted octanol–water partition coefficient (Wildman–Crippen LogP) is 4.17. The highest BCUT2D eigenvalue weighted by Gasteiger charge is 2.31. The lowest BCUT2D eigenvalue weighted by atomic mass is 9.90. The van der Waals surface area contributed by atoms with Crippen LogP contribution in [0, 0.1) is 0 Å². The SMILES string of the molecule is CN(C)C1CCc2sc(C(=O)N[C@H]3CCCC[C@H]3NC(=O)c3cc4cc(Cl)ccc4[nH]3)nc2C1. The maximum Gasteiger partial charge on any atom is 0.280 e. The number of rotatable bonds is 5. The van der Waals surface area contributed by atoms with Crippen LogP contribution in [0.5, 0.6) is 0 Å². The van der Waals surface area contributed by atoms with Gasteiger partial charge in [-0.1, -0.05) is 24.4 Å². The molecule has 180 valence electrons. The normalized spacial score (nSPS) is 22.5. The molecule has 9 heteroatoms. The molecule has 1 fully saturated rings. The van der Waals surface area contributed by atoms with Gasteiger partial charge in [0.1, 0.15) is 5.69 Å². The lowest BCUT2D eigenvalue weighted by Crippen LogP contribution is -2.53. The number of carbonyl (C=O) groups is 2. The van der Waals surface area contributed by atoms with E-state index in [1.165, 1.54) is 16.2 Å². The average Bonchev–Trinajstić information content (AvgIpc) is 3.43. The smallest absolute Gasteiger partial charge is 0.280 e. The highest BCUT2D eigenvalue weighted by atomic mass is 35.5. The van der Waals surface area contributed by atoms with E-state index in [0.29, 0.717) is 21.8 Å². The molecule has 0 aliphatic heterocycles. The fourth-order valence-corrected chi connectivity index (χ4v) is 6.27. The zero-order valence-electron chi connectivity index (χ0n) is 19.5. The van der Waals surface area contributed by atoms with Gasteiger partial charge in [-0.2, -0.15) is 0 Å². The molecule has 0 bridgehead atoms. The maximum atomic E-state index is 13.1. The Morgan fingerprint density at radius 2 is 1.82 bits per heavy atom. The van der Waals surface area contributed by atoms with E-state index in [2.05, 4.69) is 34.6 Å². The number of hydrogen-bond donors (Lipinski definition) is 3. The van der Waals surface area contributed by atoms with E-state index < -0.39 is 0 Å². The summed E-state index contributed by atoms with van der Waals surface area (Å²) in [6, 6.07) is 7.56. The van der Waals surface area contributed by atoms with Gasteiger partial charge in [0.15, 0.2) is 5.01 Å². The summed E-state index contributed by atoms with van der Waals surface area (Å²) >= 11 is 7.59. The topological polar surface area (TPSA) is 90.1 Å². The van der Waals surface area contributed by atoms with Crippen molar-refractivity contribution in [1.82, 2.24) is 25.5 Å². The van der Waals surface area contributed by atoms with Gasteiger partial charge in [-0.15, -0.1) is 11.3 Å². The quantitative estimate of drug-likeness (QED) is 0.491. The number of halogens is 1. The number of H-pyrrole nitrogens is 1. The van der Waals surface area contributed by atoms with Gasteiger partial charge in [-0.3, -0.25) is 9.59 Å². The number of nitrogens with zero attached hydrogens (tertiary/aromatic N) is 2. The Morgan fingerprint density at radius 1 is 1.09 bits per heavy atom. The van der Waals surface area contributed by atoms with E-state index in [-0.39, 0.29) is 23.9 Å². The number of aromatic nitrogens is 2. The Labute approximate surface area is 208 Å². The molecule has 2 aliphatic rings. The molecule has 1 unspecified atom stereocenters. The van der Waals surface area contributed by atoms with E-state index in [1.54, 1.807) is 6.07 Å². The Hall–Kier alpha value is -2.42. The van der Waals surface area contributed by atoms with Crippen LogP contribution in [-0.2, 0) is 12.8 Å². The number of thiazole rings is 1. The van der Waals surface area contributed by atoms with Gasteiger partial charge in [0, 0.05) is 45.3 Å². The van der Waals surface area contributed by atoms with Crippen molar-refractivity contribution in [2.45, 2.75) is 63.1 Å². The molecule has 3 atom stereocenters. The van der Waals surface area contributed by atoms with Crippen LogP contribution < -0.4 is 10.6 Å². The summed E-state index contributed by atoms with van der Waals surface area (Å²) in [5, 5.41) is 8.39. The number of nitrogens with one attached hydrogen (secondary N) is 3. The minimum absolute atomic E-state index is 0.112. The molecule has 1 saturated carbocycles. The summed E-state index contributed by atoms with van der Waals surface area (Å²) in [4.78, 5) is 37.4. The number of amides is 2. The number of likely N-dealkylation sites (N-methyl/N-ethyl adjacent to an activating group) is 1. The van der Waals surface area contributed by atoms with Crippen LogP contribution in [-0.4, -0.2) is 58.9 Å². The second kappa shape index (κ2) is 9.68. The summed E-state index contributed by atoms with van der Waals surface area (Å²) in [6.45, 7) is 0. The first-order valence-electron chi connectivity index (χ1n) is 11.9. The van der Waals surface area contributed by atoms with Gasteiger partial charge in [0.2, 0.25) is 0 Å². The van der Waals surface area contributed by atoms with Gasteiger partial charge in [0.05, 0.1) is 5.69 Å². The van der Waals surface area contributed by atoms with Crippen molar-refractivity contribution in [2.75, 3.05) is 14.1 Å². The fraction of sp³-hybridized carbons (Fsp3) is 0.480. The molecule has 0 radical (unpaired) electrons. The van der Waals surface area contributed by atoms with Crippen molar-refractivity contribution >= 4 is 45.7 Å². The van der Waals surface area contributed by atoms with Crippen LogP contribution in [0.25, 0.3) is 10.9 Å². The monoisotopic (exact) mass is 499 g/mol. The lowest BCUT2D eigenvalue weighted by Gasteiger charge is -2.32. The summed E-state index contributed by atoms with van der Waals surface area (Å²) in [5.74, 6) is -0.301. The van der Waals surface area contributed by atoms with Crippen molar-refractivity contribution in [3.8, 4) is 0 Å². The van der Waals surface area contributed by atoms with E-state index in [9.17, 15) is 9.59 Å². The summed E-state index contributed by atoms with van der Waals surface area (Å²) < 4.78 is 0. The van der Waals surface area contributed by atoms with Crippen LogP contribution in [0.3, 0.4) is 0 Å². The maximum absolute atomic E-state index is 13.1. The number of hydrogen-bond acceptors (Lipinski definition) is 5. The lowest BCUT2D eigenvalue weighted by molar-refractivity contribution is 0.0860. The Bertz CT molecular complexity index is 1220. The molecule has 2 aromatic heterocycles. The molecule has 34 heavy (non-hydrogen) atoms. The Morgan fingerprint density at radius 3 is 2.56 bits per heavy atom. The van der Waals surface area contributed by atoms with E-state index in [4.69, 9.17) is 16.6 Å². The average molecular weight is 500 g/mol. The van der Waals surface area contributed by atoms with Crippen molar-refractivity contribution in [1.29, 1.82) is 0 Å². The molecule has 2 heterocycles. The minimum atomic E-state index is -0.169. The first-order chi connectivity index (χ1) is 16.4. The van der Waals surface area contributed by atoms with Crippen molar-refractivity contribution in [2.24, 2.45) is 0 Å². The van der Waals surface area contributed by atoms with Crippen LogP contribution in [0.2, 0.25) is 5.02 Å². The standard InChI is InChI=1S/C25H30ClN5O2S/c1-31(2)16-8-10-22-20(13-16)30-25(34-22)24(33)29-19-6-4-3-5-18(19)28-23(32)21-12-14-11-15(26)7-9-17(14)27-21/h7,9,11-12,16,18-19,27H,3-6,8,10,13H2,1-2H3,(H,28,32)(H,29,33)/t16?,18-,19+/m1/s1. The molecule has 0 spiro atoms. The van der Waals surface area contributed by atoms with E-state index >= 15 is 0 Å². The van der Waals surface area contributed by atoms with Gasteiger partial charge >= 0.3 is 0 Å². The molecule has 2 aliphatic carbocycles. The molecule has 1 aromatic carbocycles. The molecular weight excluding hydrogens is 470 g/mol. The van der Waals surface area contributed by atoms with E-state index in [1.807, 2.05) is 18.2 Å². The van der Waals surface area contributed by atoms with Crippen molar-refractivity contribution in [3.63, 3.8) is 0 Å². The second-order valence-corrected chi connectivity index (χ2v) is 11.1. The van der Waals surface area contributed by atoms with Gasteiger partial charge < -0.3 is 20.5 Å². The number of fused-ring (bicyclic) bond motifs is 2. The predicted molar refractivity (Wildman–Crippen MR) is 136 cm³/mol. The third kappa shape index (κ3) is 4.85. The van der Waals surface area contributed by atoms with E-state index in [0.717, 1.165) is 61.5 Å². The molecule has 2 amide bonds. The van der Waals surface area contributed by atoms with Gasteiger partial charge in [-0.05, 0) is 64.0 Å².